The van der Waals surface area contributed by atoms with Crippen LogP contribution < -0.4 is 9.46 Å². The first-order valence-corrected chi connectivity index (χ1v) is 8.21. The van der Waals surface area contributed by atoms with Crippen molar-refractivity contribution in [1.82, 2.24) is 0 Å². The molecule has 2 N–H and O–H groups in total. The highest BCUT2D eigenvalue weighted by Gasteiger charge is 2.21. The number of benzene rings is 1. The molecule has 0 bridgehead atoms. The van der Waals surface area contributed by atoms with E-state index in [0.29, 0.717) is 15.9 Å². The number of ether oxygens (including phenoxy) is 1. The molecule has 1 heterocycles. The summed E-state index contributed by atoms with van der Waals surface area (Å²) in [4.78, 5) is -0.00880. The van der Waals surface area contributed by atoms with Gasteiger partial charge in [0.2, 0.25) is 0 Å². The molecule has 0 aliphatic heterocycles. The Hall–Kier alpha value is -1.51. The lowest BCUT2D eigenvalue weighted by Gasteiger charge is -2.09. The van der Waals surface area contributed by atoms with E-state index in [1.54, 1.807) is 18.2 Å². The number of aliphatic hydroxyl groups excluding tert-OH is 1. The van der Waals surface area contributed by atoms with Gasteiger partial charge in [0.05, 0.1) is 12.8 Å². The van der Waals surface area contributed by atoms with Crippen molar-refractivity contribution >= 4 is 31.6 Å². The van der Waals surface area contributed by atoms with E-state index in [9.17, 15) is 8.42 Å². The number of rotatable bonds is 5. The number of methoxy groups -OCH3 is 1. The third-order valence-corrected chi connectivity index (χ3v) is 4.67. The molecule has 8 heteroatoms. The molecule has 0 spiro atoms. The largest absolute Gasteiger partial charge is 0.497 e. The predicted molar refractivity (Wildman–Crippen MR) is 80.9 cm³/mol. The van der Waals surface area contributed by atoms with E-state index < -0.39 is 10.0 Å². The van der Waals surface area contributed by atoms with Crippen molar-refractivity contribution in [3.8, 4) is 5.75 Å². The second-order valence-corrected chi connectivity index (χ2v) is 6.84. The van der Waals surface area contributed by atoms with Gasteiger partial charge in [-0.25, -0.2) is 8.42 Å². The van der Waals surface area contributed by atoms with Gasteiger partial charge in [0.1, 0.15) is 28.8 Å². The van der Waals surface area contributed by atoms with E-state index in [-0.39, 0.29) is 23.0 Å². The SMILES string of the molecule is COc1cc(Br)cc(NS(=O)(=O)c2cc(CO)oc2C)c1. The molecule has 0 aliphatic carbocycles. The van der Waals surface area contributed by atoms with Gasteiger partial charge in [-0.05, 0) is 19.1 Å². The number of furan rings is 1. The van der Waals surface area contributed by atoms with Crippen LogP contribution in [-0.4, -0.2) is 20.6 Å². The second kappa shape index (κ2) is 6.08. The molecule has 0 amide bonds. The minimum atomic E-state index is -3.81. The summed E-state index contributed by atoms with van der Waals surface area (Å²) in [5, 5.41) is 9.00. The van der Waals surface area contributed by atoms with Crippen molar-refractivity contribution in [2.24, 2.45) is 0 Å². The zero-order valence-corrected chi connectivity index (χ0v) is 13.8. The number of halogens is 1. The second-order valence-electron chi connectivity index (χ2n) is 4.28. The fraction of sp³-hybridized carbons (Fsp3) is 0.231. The fourth-order valence-corrected chi connectivity index (χ4v) is 3.54. The van der Waals surface area contributed by atoms with Gasteiger partial charge in [0.15, 0.2) is 0 Å². The number of aliphatic hydroxyl groups is 1. The summed E-state index contributed by atoms with van der Waals surface area (Å²) < 4.78 is 38.1. The van der Waals surface area contributed by atoms with E-state index in [2.05, 4.69) is 20.7 Å². The molecule has 0 fully saturated rings. The van der Waals surface area contributed by atoms with E-state index in [1.165, 1.54) is 20.1 Å². The number of hydrogen-bond acceptors (Lipinski definition) is 5. The summed E-state index contributed by atoms with van der Waals surface area (Å²) in [5.41, 5.74) is 0.354. The Morgan fingerprint density at radius 3 is 2.62 bits per heavy atom. The lowest BCUT2D eigenvalue weighted by atomic mass is 10.3. The molecular weight excluding hydrogens is 362 g/mol. The third-order valence-electron chi connectivity index (χ3n) is 2.73. The van der Waals surface area contributed by atoms with Crippen molar-refractivity contribution < 1.29 is 22.7 Å². The lowest BCUT2D eigenvalue weighted by molar-refractivity contribution is 0.245. The quantitative estimate of drug-likeness (QED) is 0.838. The maximum atomic E-state index is 12.4. The van der Waals surface area contributed by atoms with Crippen LogP contribution in [0.5, 0.6) is 5.75 Å². The topological polar surface area (TPSA) is 88.8 Å². The first-order chi connectivity index (χ1) is 9.85. The van der Waals surface area contributed by atoms with E-state index in [4.69, 9.17) is 14.3 Å². The Kier molecular flexibility index (Phi) is 4.60. The molecule has 2 rings (SSSR count). The van der Waals surface area contributed by atoms with Crippen LogP contribution in [-0.2, 0) is 16.6 Å². The van der Waals surface area contributed by atoms with Gasteiger partial charge in [-0.1, -0.05) is 15.9 Å². The van der Waals surface area contributed by atoms with Gasteiger partial charge in [-0.15, -0.1) is 0 Å². The molecule has 0 saturated heterocycles. The van der Waals surface area contributed by atoms with Gasteiger partial charge < -0.3 is 14.3 Å². The Bertz CT molecular complexity index is 754. The molecule has 114 valence electrons. The molecule has 0 radical (unpaired) electrons. The number of sulfonamides is 1. The molecule has 0 atom stereocenters. The number of nitrogens with one attached hydrogen (secondary N) is 1. The highest BCUT2D eigenvalue weighted by Crippen LogP contribution is 2.28. The fourth-order valence-electron chi connectivity index (χ4n) is 1.82. The highest BCUT2D eigenvalue weighted by molar-refractivity contribution is 9.10. The standard InChI is InChI=1S/C13H14BrNO5S/c1-8-13(6-12(7-16)20-8)21(17,18)15-10-3-9(14)4-11(5-10)19-2/h3-6,15-16H,7H2,1-2H3. The summed E-state index contributed by atoms with van der Waals surface area (Å²) in [6.45, 7) is 1.16. The average Bonchev–Trinajstić information content (AvgIpc) is 2.79. The highest BCUT2D eigenvalue weighted by atomic mass is 79.9. The van der Waals surface area contributed by atoms with Crippen molar-refractivity contribution in [1.29, 1.82) is 0 Å². The van der Waals surface area contributed by atoms with Crippen LogP contribution in [0.15, 0.2) is 38.1 Å². The Morgan fingerprint density at radius 1 is 1.33 bits per heavy atom. The molecule has 0 aliphatic rings. The molecule has 1 aromatic heterocycles. The summed E-state index contributed by atoms with van der Waals surface area (Å²) in [5.74, 6) is 0.926. The smallest absolute Gasteiger partial charge is 0.265 e. The summed E-state index contributed by atoms with van der Waals surface area (Å²) in [7, 11) is -2.31. The predicted octanol–water partition coefficient (Wildman–Crippen LogP) is 2.65. The molecule has 6 nitrogen and oxygen atoms in total. The van der Waals surface area contributed by atoms with Crippen LogP contribution in [0.3, 0.4) is 0 Å². The number of anilines is 1. The maximum absolute atomic E-state index is 12.4. The van der Waals surface area contributed by atoms with Crippen LogP contribution in [0.1, 0.15) is 11.5 Å². The van der Waals surface area contributed by atoms with Crippen molar-refractivity contribution in [2.45, 2.75) is 18.4 Å². The number of hydrogen-bond donors (Lipinski definition) is 2. The van der Waals surface area contributed by atoms with Crippen molar-refractivity contribution in [3.05, 3.63) is 40.3 Å². The van der Waals surface area contributed by atoms with Gasteiger partial charge in [-0.3, -0.25) is 4.72 Å². The summed E-state index contributed by atoms with van der Waals surface area (Å²) in [6, 6.07) is 6.19. The molecule has 0 unspecified atom stereocenters. The van der Waals surface area contributed by atoms with E-state index >= 15 is 0 Å². The molecule has 1 aromatic carbocycles. The molecule has 0 saturated carbocycles. The monoisotopic (exact) mass is 375 g/mol. The minimum absolute atomic E-state index is 0.00880. The zero-order chi connectivity index (χ0) is 15.6. The Balaban J connectivity index is 2.37. The third kappa shape index (κ3) is 3.58. The van der Waals surface area contributed by atoms with Crippen LogP contribution >= 0.6 is 15.9 Å². The maximum Gasteiger partial charge on any atom is 0.265 e. The van der Waals surface area contributed by atoms with Crippen molar-refractivity contribution in [3.63, 3.8) is 0 Å². The Morgan fingerprint density at radius 2 is 2.05 bits per heavy atom. The first kappa shape index (κ1) is 15.9. The van der Waals surface area contributed by atoms with E-state index in [1.807, 2.05) is 0 Å². The molecular formula is C13H14BrNO5S. The normalized spacial score (nSPS) is 11.4. The van der Waals surface area contributed by atoms with Crippen molar-refractivity contribution in [2.75, 3.05) is 11.8 Å². The van der Waals surface area contributed by atoms with Crippen LogP contribution in [0.25, 0.3) is 0 Å². The van der Waals surface area contributed by atoms with Gasteiger partial charge in [0.25, 0.3) is 10.0 Å². The lowest BCUT2D eigenvalue weighted by Crippen LogP contribution is -2.13. The van der Waals surface area contributed by atoms with Crippen LogP contribution in [0.2, 0.25) is 0 Å². The van der Waals surface area contributed by atoms with Gasteiger partial charge in [0, 0.05) is 16.6 Å². The Labute approximate surface area is 130 Å². The zero-order valence-electron chi connectivity index (χ0n) is 11.4. The van der Waals surface area contributed by atoms with Crippen LogP contribution in [0.4, 0.5) is 5.69 Å². The van der Waals surface area contributed by atoms with E-state index in [0.717, 1.165) is 0 Å². The summed E-state index contributed by atoms with van der Waals surface area (Å²) >= 11 is 3.28. The van der Waals surface area contributed by atoms with Gasteiger partial charge >= 0.3 is 0 Å². The minimum Gasteiger partial charge on any atom is -0.497 e. The summed E-state index contributed by atoms with van der Waals surface area (Å²) in [6.07, 6.45) is 0. The molecule has 2 aromatic rings. The molecule has 21 heavy (non-hydrogen) atoms. The first-order valence-electron chi connectivity index (χ1n) is 5.93. The van der Waals surface area contributed by atoms with Crippen LogP contribution in [0, 0.1) is 6.92 Å². The van der Waals surface area contributed by atoms with Gasteiger partial charge in [-0.2, -0.15) is 0 Å². The average molecular weight is 376 g/mol. The number of aryl methyl sites for hydroxylation is 1.